The van der Waals surface area contributed by atoms with Crippen LogP contribution in [0.3, 0.4) is 0 Å². The number of hydrogen-bond donors (Lipinski definition) is 1. The van der Waals surface area contributed by atoms with Crippen molar-refractivity contribution < 1.29 is 14.3 Å². The van der Waals surface area contributed by atoms with Crippen molar-refractivity contribution in [2.24, 2.45) is 0 Å². The molecule has 2 fully saturated rings. The lowest BCUT2D eigenvalue weighted by Gasteiger charge is -2.38. The molecular weight excluding hydrogens is 269 g/mol. The van der Waals surface area contributed by atoms with Crippen molar-refractivity contribution >= 4 is 5.91 Å². The zero-order valence-electron chi connectivity index (χ0n) is 12.2. The van der Waals surface area contributed by atoms with Crippen molar-refractivity contribution in [2.75, 3.05) is 13.2 Å². The van der Waals surface area contributed by atoms with Crippen molar-refractivity contribution in [2.45, 2.75) is 50.0 Å². The van der Waals surface area contributed by atoms with Gasteiger partial charge in [-0.1, -0.05) is 12.1 Å². The van der Waals surface area contributed by atoms with E-state index in [4.69, 9.17) is 0 Å². The molecule has 3 rings (SSSR count). The Labute approximate surface area is 124 Å². The van der Waals surface area contributed by atoms with Crippen molar-refractivity contribution in [1.29, 1.82) is 0 Å². The Hall–Kier alpha value is -1.42. The molecule has 1 aliphatic carbocycles. The third-order valence-electron chi connectivity index (χ3n) is 4.91. The van der Waals surface area contributed by atoms with Gasteiger partial charge in [-0.15, -0.1) is 0 Å². The smallest absolute Gasteiger partial charge is 0.233 e. The monoisotopic (exact) mass is 291 g/mol. The van der Waals surface area contributed by atoms with Gasteiger partial charge in [-0.05, 0) is 56.2 Å². The van der Waals surface area contributed by atoms with Crippen LogP contribution in [0.15, 0.2) is 24.3 Å². The maximum atomic E-state index is 13.1. The van der Waals surface area contributed by atoms with Crippen molar-refractivity contribution in [3.63, 3.8) is 0 Å². The Balaban J connectivity index is 1.81. The van der Waals surface area contributed by atoms with E-state index in [9.17, 15) is 14.3 Å². The summed E-state index contributed by atoms with van der Waals surface area (Å²) in [5.74, 6) is -0.0922. The highest BCUT2D eigenvalue weighted by atomic mass is 19.1. The molecule has 114 valence electrons. The number of carbonyl (C=O) groups is 1. The molecule has 1 unspecified atom stereocenters. The SMILES string of the molecule is O=C(N1CCCCC1CCO)C1(c2ccc(F)cc2)CC1. The minimum atomic E-state index is -0.432. The van der Waals surface area contributed by atoms with Gasteiger partial charge < -0.3 is 10.0 Å². The molecule has 1 atom stereocenters. The van der Waals surface area contributed by atoms with Gasteiger partial charge in [-0.25, -0.2) is 4.39 Å². The summed E-state index contributed by atoms with van der Waals surface area (Å²) in [6.07, 6.45) is 5.49. The molecule has 0 radical (unpaired) electrons. The number of amides is 1. The molecule has 0 aromatic heterocycles. The fourth-order valence-corrected chi connectivity index (χ4v) is 3.51. The van der Waals surface area contributed by atoms with E-state index in [1.165, 1.54) is 12.1 Å². The van der Waals surface area contributed by atoms with Crippen LogP contribution in [-0.2, 0) is 10.2 Å². The van der Waals surface area contributed by atoms with Gasteiger partial charge in [-0.2, -0.15) is 0 Å². The van der Waals surface area contributed by atoms with Crippen LogP contribution in [-0.4, -0.2) is 35.1 Å². The molecule has 1 aliphatic heterocycles. The Morgan fingerprint density at radius 1 is 1.29 bits per heavy atom. The first-order valence-electron chi connectivity index (χ1n) is 7.85. The first-order chi connectivity index (χ1) is 10.2. The molecule has 0 spiro atoms. The second-order valence-electron chi connectivity index (χ2n) is 6.25. The number of rotatable bonds is 4. The molecule has 0 bridgehead atoms. The topological polar surface area (TPSA) is 40.5 Å². The summed E-state index contributed by atoms with van der Waals surface area (Å²) < 4.78 is 13.1. The number of hydrogen-bond acceptors (Lipinski definition) is 2. The first kappa shape index (κ1) is 14.5. The Bertz CT molecular complexity index is 508. The van der Waals surface area contributed by atoms with Gasteiger partial charge in [0.05, 0.1) is 5.41 Å². The fourth-order valence-electron chi connectivity index (χ4n) is 3.51. The summed E-state index contributed by atoms with van der Waals surface area (Å²) in [5, 5.41) is 9.20. The van der Waals surface area contributed by atoms with Crippen LogP contribution in [0, 0.1) is 5.82 Å². The number of aliphatic hydroxyl groups is 1. The molecule has 3 nitrogen and oxygen atoms in total. The maximum Gasteiger partial charge on any atom is 0.233 e. The lowest BCUT2D eigenvalue weighted by atomic mass is 9.91. The highest BCUT2D eigenvalue weighted by Gasteiger charge is 2.53. The van der Waals surface area contributed by atoms with E-state index in [0.29, 0.717) is 6.42 Å². The largest absolute Gasteiger partial charge is 0.396 e. The van der Waals surface area contributed by atoms with E-state index in [2.05, 4.69) is 0 Å². The highest BCUT2D eigenvalue weighted by Crippen LogP contribution is 2.50. The summed E-state index contributed by atoms with van der Waals surface area (Å²) in [5.41, 5.74) is 0.501. The number of piperidine rings is 1. The zero-order valence-corrected chi connectivity index (χ0v) is 12.2. The van der Waals surface area contributed by atoms with E-state index < -0.39 is 5.41 Å². The van der Waals surface area contributed by atoms with Gasteiger partial charge in [0.25, 0.3) is 0 Å². The van der Waals surface area contributed by atoms with E-state index in [-0.39, 0.29) is 24.4 Å². The molecule has 2 aliphatic rings. The van der Waals surface area contributed by atoms with Crippen LogP contribution in [0.2, 0.25) is 0 Å². The van der Waals surface area contributed by atoms with E-state index in [1.807, 2.05) is 4.90 Å². The average Bonchev–Trinajstić information content (AvgIpc) is 3.30. The molecule has 1 aromatic carbocycles. The Morgan fingerprint density at radius 3 is 2.62 bits per heavy atom. The predicted octanol–water partition coefficient (Wildman–Crippen LogP) is 2.62. The van der Waals surface area contributed by atoms with E-state index in [1.54, 1.807) is 12.1 Å². The molecule has 4 heteroatoms. The second kappa shape index (κ2) is 5.76. The lowest BCUT2D eigenvalue weighted by Crippen LogP contribution is -2.48. The minimum absolute atomic E-state index is 0.123. The molecule has 1 amide bonds. The Kier molecular flexibility index (Phi) is 3.98. The minimum Gasteiger partial charge on any atom is -0.396 e. The number of nitrogens with zero attached hydrogens (tertiary/aromatic N) is 1. The fraction of sp³-hybridized carbons (Fsp3) is 0.588. The van der Waals surface area contributed by atoms with Crippen LogP contribution in [0.25, 0.3) is 0 Å². The second-order valence-corrected chi connectivity index (χ2v) is 6.25. The van der Waals surface area contributed by atoms with Crippen LogP contribution >= 0.6 is 0 Å². The first-order valence-corrected chi connectivity index (χ1v) is 7.85. The summed E-state index contributed by atoms with van der Waals surface area (Å²) >= 11 is 0. The van der Waals surface area contributed by atoms with Crippen LogP contribution in [0.1, 0.15) is 44.1 Å². The summed E-state index contributed by atoms with van der Waals surface area (Å²) in [7, 11) is 0. The molecule has 1 heterocycles. The zero-order chi connectivity index (χ0) is 14.9. The Morgan fingerprint density at radius 2 is 2.00 bits per heavy atom. The van der Waals surface area contributed by atoms with Gasteiger partial charge in [0.1, 0.15) is 5.82 Å². The number of likely N-dealkylation sites (tertiary alicyclic amines) is 1. The quantitative estimate of drug-likeness (QED) is 0.926. The standard InChI is InChI=1S/C17H22FNO2/c18-14-6-4-13(5-7-14)17(9-10-17)16(21)19-11-2-1-3-15(19)8-12-20/h4-7,15,20H,1-3,8-12H2. The molecule has 1 N–H and O–H groups in total. The number of carbonyl (C=O) groups excluding carboxylic acids is 1. The van der Waals surface area contributed by atoms with Gasteiger partial charge in [0.2, 0.25) is 5.91 Å². The molecule has 1 saturated carbocycles. The molecule has 21 heavy (non-hydrogen) atoms. The number of halogens is 1. The van der Waals surface area contributed by atoms with Crippen molar-refractivity contribution in [3.05, 3.63) is 35.6 Å². The van der Waals surface area contributed by atoms with Crippen LogP contribution in [0.5, 0.6) is 0 Å². The molecule has 1 aromatic rings. The van der Waals surface area contributed by atoms with Gasteiger partial charge >= 0.3 is 0 Å². The van der Waals surface area contributed by atoms with Crippen LogP contribution < -0.4 is 0 Å². The van der Waals surface area contributed by atoms with Gasteiger partial charge in [-0.3, -0.25) is 4.79 Å². The normalized spacial score (nSPS) is 23.9. The van der Waals surface area contributed by atoms with E-state index in [0.717, 1.165) is 44.2 Å². The summed E-state index contributed by atoms with van der Waals surface area (Å²) in [6.45, 7) is 0.907. The predicted molar refractivity (Wildman–Crippen MR) is 78.4 cm³/mol. The molecular formula is C17H22FNO2. The third-order valence-corrected chi connectivity index (χ3v) is 4.91. The third kappa shape index (κ3) is 2.69. The highest BCUT2D eigenvalue weighted by molar-refractivity contribution is 5.91. The van der Waals surface area contributed by atoms with Gasteiger partial charge in [0.15, 0.2) is 0 Å². The number of aliphatic hydroxyl groups excluding tert-OH is 1. The van der Waals surface area contributed by atoms with Crippen molar-refractivity contribution in [3.8, 4) is 0 Å². The maximum absolute atomic E-state index is 13.1. The van der Waals surface area contributed by atoms with Crippen LogP contribution in [0.4, 0.5) is 4.39 Å². The van der Waals surface area contributed by atoms with E-state index >= 15 is 0 Å². The summed E-state index contributed by atoms with van der Waals surface area (Å²) in [4.78, 5) is 15.0. The summed E-state index contributed by atoms with van der Waals surface area (Å²) in [6, 6.07) is 6.51. The number of benzene rings is 1. The molecule has 1 saturated heterocycles. The van der Waals surface area contributed by atoms with Gasteiger partial charge in [0, 0.05) is 19.2 Å². The lowest BCUT2D eigenvalue weighted by molar-refractivity contribution is -0.138. The average molecular weight is 291 g/mol. The van der Waals surface area contributed by atoms with Crippen molar-refractivity contribution in [1.82, 2.24) is 4.90 Å².